The SMILES string of the molecule is CCN1Cc2c(N)ccnc2N(CC)C1. The summed E-state index contributed by atoms with van der Waals surface area (Å²) in [4.78, 5) is 9.05. The molecule has 4 nitrogen and oxygen atoms in total. The Hall–Kier alpha value is -1.29. The van der Waals surface area contributed by atoms with Crippen molar-refractivity contribution in [3.63, 3.8) is 0 Å². The van der Waals surface area contributed by atoms with Crippen molar-refractivity contribution >= 4 is 11.5 Å². The number of nitrogens with two attached hydrogens (primary N) is 1. The van der Waals surface area contributed by atoms with E-state index in [1.54, 1.807) is 6.20 Å². The molecule has 0 unspecified atom stereocenters. The van der Waals surface area contributed by atoms with Crippen molar-refractivity contribution < 1.29 is 0 Å². The van der Waals surface area contributed by atoms with Gasteiger partial charge in [0.1, 0.15) is 5.82 Å². The number of anilines is 2. The summed E-state index contributed by atoms with van der Waals surface area (Å²) >= 11 is 0. The van der Waals surface area contributed by atoms with Gasteiger partial charge in [0.05, 0.1) is 6.67 Å². The zero-order valence-electron chi connectivity index (χ0n) is 9.40. The summed E-state index contributed by atoms with van der Waals surface area (Å²) in [6.45, 7) is 8.21. The maximum atomic E-state index is 5.98. The van der Waals surface area contributed by atoms with E-state index < -0.39 is 0 Å². The van der Waals surface area contributed by atoms with E-state index in [4.69, 9.17) is 5.73 Å². The van der Waals surface area contributed by atoms with Gasteiger partial charge in [0.2, 0.25) is 0 Å². The molecule has 0 aliphatic carbocycles. The van der Waals surface area contributed by atoms with Gasteiger partial charge in [-0.15, -0.1) is 0 Å². The van der Waals surface area contributed by atoms with Gasteiger partial charge in [0, 0.05) is 30.5 Å². The van der Waals surface area contributed by atoms with Crippen LogP contribution in [0.4, 0.5) is 11.5 Å². The first-order valence-electron chi connectivity index (χ1n) is 5.47. The largest absolute Gasteiger partial charge is 0.398 e. The monoisotopic (exact) mass is 206 g/mol. The van der Waals surface area contributed by atoms with Crippen LogP contribution in [0.15, 0.2) is 12.3 Å². The molecule has 0 aromatic carbocycles. The van der Waals surface area contributed by atoms with Crippen LogP contribution in [-0.4, -0.2) is 29.6 Å². The second-order valence-corrected chi connectivity index (χ2v) is 3.84. The minimum Gasteiger partial charge on any atom is -0.398 e. The summed E-state index contributed by atoms with van der Waals surface area (Å²) in [5.74, 6) is 1.06. The molecule has 0 fully saturated rings. The molecule has 0 radical (unpaired) electrons. The average Bonchev–Trinajstić information content (AvgIpc) is 2.28. The Balaban J connectivity index is 2.39. The van der Waals surface area contributed by atoms with Crippen LogP contribution in [0.25, 0.3) is 0 Å². The maximum absolute atomic E-state index is 5.98. The summed E-state index contributed by atoms with van der Waals surface area (Å²) in [5, 5.41) is 0. The number of hydrogen-bond acceptors (Lipinski definition) is 4. The number of hydrogen-bond donors (Lipinski definition) is 1. The second-order valence-electron chi connectivity index (χ2n) is 3.84. The molecule has 0 bridgehead atoms. The summed E-state index contributed by atoms with van der Waals surface area (Å²) < 4.78 is 0. The van der Waals surface area contributed by atoms with E-state index in [-0.39, 0.29) is 0 Å². The van der Waals surface area contributed by atoms with Gasteiger partial charge in [-0.25, -0.2) is 4.98 Å². The molecular formula is C11H18N4. The average molecular weight is 206 g/mol. The van der Waals surface area contributed by atoms with Crippen molar-refractivity contribution in [3.8, 4) is 0 Å². The van der Waals surface area contributed by atoms with Gasteiger partial charge in [-0.1, -0.05) is 6.92 Å². The molecule has 2 heterocycles. The van der Waals surface area contributed by atoms with Crippen molar-refractivity contribution in [3.05, 3.63) is 17.8 Å². The number of aromatic nitrogens is 1. The predicted molar refractivity (Wildman–Crippen MR) is 62.6 cm³/mol. The molecule has 2 N–H and O–H groups in total. The van der Waals surface area contributed by atoms with Gasteiger partial charge in [-0.3, -0.25) is 4.90 Å². The molecule has 0 spiro atoms. The molecule has 82 valence electrons. The Labute approximate surface area is 90.7 Å². The lowest BCUT2D eigenvalue weighted by Gasteiger charge is -2.36. The fourth-order valence-corrected chi connectivity index (χ4v) is 1.97. The zero-order chi connectivity index (χ0) is 10.8. The second kappa shape index (κ2) is 4.06. The molecule has 1 aliphatic heterocycles. The van der Waals surface area contributed by atoms with E-state index in [9.17, 15) is 0 Å². The molecule has 1 aromatic rings. The van der Waals surface area contributed by atoms with Crippen LogP contribution >= 0.6 is 0 Å². The van der Waals surface area contributed by atoms with Crippen molar-refractivity contribution in [2.24, 2.45) is 0 Å². The summed E-state index contributed by atoms with van der Waals surface area (Å²) in [5.41, 5.74) is 8.01. The molecule has 0 amide bonds. The minimum atomic E-state index is 0.858. The van der Waals surface area contributed by atoms with E-state index in [0.717, 1.165) is 37.8 Å². The Morgan fingerprint density at radius 1 is 1.40 bits per heavy atom. The summed E-state index contributed by atoms with van der Waals surface area (Å²) in [6, 6.07) is 1.88. The standard InChI is InChI=1S/C11H18N4/c1-3-14-7-9-10(12)5-6-13-11(9)15(4-2)8-14/h5-6H,3-4,7-8H2,1-2H3,(H2,12,13). The van der Waals surface area contributed by atoms with Crippen LogP contribution < -0.4 is 10.6 Å². The first kappa shape index (κ1) is 10.2. The van der Waals surface area contributed by atoms with Crippen molar-refractivity contribution in [2.75, 3.05) is 30.4 Å². The van der Waals surface area contributed by atoms with Crippen LogP contribution in [-0.2, 0) is 6.54 Å². The van der Waals surface area contributed by atoms with Gasteiger partial charge >= 0.3 is 0 Å². The van der Waals surface area contributed by atoms with Crippen LogP contribution in [0, 0.1) is 0 Å². The third kappa shape index (κ3) is 1.77. The van der Waals surface area contributed by atoms with Crippen molar-refractivity contribution in [2.45, 2.75) is 20.4 Å². The Kier molecular flexibility index (Phi) is 2.77. The van der Waals surface area contributed by atoms with Gasteiger partial charge in [-0.05, 0) is 19.5 Å². The molecule has 0 saturated carbocycles. The number of nitrogen functional groups attached to an aromatic ring is 1. The summed E-state index contributed by atoms with van der Waals surface area (Å²) in [6.07, 6.45) is 1.79. The van der Waals surface area contributed by atoms with Crippen LogP contribution in [0.2, 0.25) is 0 Å². The van der Waals surface area contributed by atoms with Crippen molar-refractivity contribution in [1.82, 2.24) is 9.88 Å². The molecular weight excluding hydrogens is 188 g/mol. The third-order valence-corrected chi connectivity index (χ3v) is 2.95. The highest BCUT2D eigenvalue weighted by atomic mass is 15.3. The van der Waals surface area contributed by atoms with Crippen LogP contribution in [0.5, 0.6) is 0 Å². The fourth-order valence-electron chi connectivity index (χ4n) is 1.97. The predicted octanol–water partition coefficient (Wildman–Crippen LogP) is 1.28. The first-order valence-corrected chi connectivity index (χ1v) is 5.47. The molecule has 0 saturated heterocycles. The topological polar surface area (TPSA) is 45.4 Å². The zero-order valence-corrected chi connectivity index (χ0v) is 9.40. The number of rotatable bonds is 2. The highest BCUT2D eigenvalue weighted by Crippen LogP contribution is 2.28. The molecule has 1 aliphatic rings. The van der Waals surface area contributed by atoms with E-state index in [1.807, 2.05) is 6.07 Å². The normalized spacial score (nSPS) is 16.5. The molecule has 4 heteroatoms. The molecule has 15 heavy (non-hydrogen) atoms. The van der Waals surface area contributed by atoms with Crippen LogP contribution in [0.3, 0.4) is 0 Å². The molecule has 1 aromatic heterocycles. The van der Waals surface area contributed by atoms with Gasteiger partial charge < -0.3 is 10.6 Å². The van der Waals surface area contributed by atoms with E-state index >= 15 is 0 Å². The number of pyridine rings is 1. The van der Waals surface area contributed by atoms with E-state index in [0.29, 0.717) is 0 Å². The van der Waals surface area contributed by atoms with Gasteiger partial charge in [-0.2, -0.15) is 0 Å². The summed E-state index contributed by atoms with van der Waals surface area (Å²) in [7, 11) is 0. The quantitative estimate of drug-likeness (QED) is 0.792. The minimum absolute atomic E-state index is 0.858. The van der Waals surface area contributed by atoms with E-state index in [1.165, 1.54) is 5.56 Å². The van der Waals surface area contributed by atoms with Gasteiger partial charge in [0.15, 0.2) is 0 Å². The van der Waals surface area contributed by atoms with Crippen molar-refractivity contribution in [1.29, 1.82) is 0 Å². The van der Waals surface area contributed by atoms with Crippen LogP contribution in [0.1, 0.15) is 19.4 Å². The Morgan fingerprint density at radius 2 is 2.20 bits per heavy atom. The van der Waals surface area contributed by atoms with E-state index in [2.05, 4.69) is 28.6 Å². The lowest BCUT2D eigenvalue weighted by Crippen LogP contribution is -2.42. The first-order chi connectivity index (χ1) is 7.26. The smallest absolute Gasteiger partial charge is 0.136 e. The Morgan fingerprint density at radius 3 is 2.87 bits per heavy atom. The Bertz CT molecular complexity index is 350. The number of nitrogens with zero attached hydrogens (tertiary/aromatic N) is 3. The van der Waals surface area contributed by atoms with Gasteiger partial charge in [0.25, 0.3) is 0 Å². The molecule has 0 atom stereocenters. The highest BCUT2D eigenvalue weighted by Gasteiger charge is 2.22. The lowest BCUT2D eigenvalue weighted by molar-refractivity contribution is 0.265. The lowest BCUT2D eigenvalue weighted by atomic mass is 10.1. The fraction of sp³-hybridized carbons (Fsp3) is 0.545. The third-order valence-electron chi connectivity index (χ3n) is 2.95. The molecule has 2 rings (SSSR count). The number of fused-ring (bicyclic) bond motifs is 1. The highest BCUT2D eigenvalue weighted by molar-refractivity contribution is 5.61. The maximum Gasteiger partial charge on any atom is 0.136 e.